The number of aryl methyl sites for hydroxylation is 1. The van der Waals surface area contributed by atoms with E-state index in [0.717, 1.165) is 4.57 Å². The molecule has 0 saturated carbocycles. The van der Waals surface area contributed by atoms with Crippen LogP contribution in [0.2, 0.25) is 0 Å². The largest absolute Gasteiger partial charge is 0.497 e. The van der Waals surface area contributed by atoms with E-state index in [1.807, 2.05) is 13.8 Å². The van der Waals surface area contributed by atoms with Gasteiger partial charge in [0.1, 0.15) is 17.1 Å². The summed E-state index contributed by atoms with van der Waals surface area (Å²) in [6.07, 6.45) is 0.892. The van der Waals surface area contributed by atoms with Gasteiger partial charge in [-0.1, -0.05) is 13.8 Å². The zero-order valence-electron chi connectivity index (χ0n) is 18.5. The molecule has 31 heavy (non-hydrogen) atoms. The van der Waals surface area contributed by atoms with Gasteiger partial charge in [0.15, 0.2) is 5.78 Å². The number of ketones is 1. The first kappa shape index (κ1) is 20.8. The second-order valence-electron chi connectivity index (χ2n) is 8.72. The molecule has 1 aliphatic carbocycles. The number of hydrogen-bond acceptors (Lipinski definition) is 6. The van der Waals surface area contributed by atoms with Crippen LogP contribution in [0.4, 0.5) is 0 Å². The van der Waals surface area contributed by atoms with Gasteiger partial charge < -0.3 is 9.47 Å². The van der Waals surface area contributed by atoms with Crippen LogP contribution in [0.15, 0.2) is 27.8 Å². The average Bonchev–Trinajstić information content (AvgIpc) is 2.73. The van der Waals surface area contributed by atoms with Crippen LogP contribution in [-0.4, -0.2) is 34.1 Å². The van der Waals surface area contributed by atoms with Crippen molar-refractivity contribution in [2.24, 2.45) is 19.5 Å². The molecule has 0 bridgehead atoms. The Morgan fingerprint density at radius 2 is 1.68 bits per heavy atom. The first-order chi connectivity index (χ1) is 14.6. The fourth-order valence-electron chi connectivity index (χ4n) is 4.38. The summed E-state index contributed by atoms with van der Waals surface area (Å²) < 4.78 is 13.3. The fraction of sp³-hybridized carbons (Fsp3) is 0.391. The van der Waals surface area contributed by atoms with Gasteiger partial charge in [-0.3, -0.25) is 18.7 Å². The van der Waals surface area contributed by atoms with Crippen molar-refractivity contribution in [1.29, 1.82) is 0 Å². The number of fused-ring (bicyclic) bond motifs is 2. The third kappa shape index (κ3) is 3.13. The maximum absolute atomic E-state index is 13.3. The van der Waals surface area contributed by atoms with Gasteiger partial charge >= 0.3 is 5.69 Å². The lowest BCUT2D eigenvalue weighted by Gasteiger charge is -2.31. The van der Waals surface area contributed by atoms with E-state index in [-0.39, 0.29) is 22.2 Å². The summed E-state index contributed by atoms with van der Waals surface area (Å²) in [5.41, 5.74) is 1.05. The molecular formula is C23H25N3O5. The lowest BCUT2D eigenvalue weighted by Crippen LogP contribution is -2.38. The van der Waals surface area contributed by atoms with Crippen molar-refractivity contribution >= 4 is 16.8 Å². The number of rotatable bonds is 3. The highest BCUT2D eigenvalue weighted by Crippen LogP contribution is 2.43. The molecule has 1 aromatic carbocycles. The van der Waals surface area contributed by atoms with Gasteiger partial charge in [0, 0.05) is 43.3 Å². The SMILES string of the molecule is COc1ccc(-c2c3c(nc4c2c(=O)n(C)c(=O)n4C)CC(C)(C)CC3=O)c(OC)c1. The number of pyridine rings is 1. The third-order valence-corrected chi connectivity index (χ3v) is 5.91. The Morgan fingerprint density at radius 1 is 0.968 bits per heavy atom. The normalized spacial score (nSPS) is 15.1. The van der Waals surface area contributed by atoms with Crippen LogP contribution < -0.4 is 20.7 Å². The number of methoxy groups -OCH3 is 2. The molecule has 8 nitrogen and oxygen atoms in total. The number of Topliss-reactive ketones (excluding diaryl/α,β-unsaturated/α-hetero) is 1. The number of benzene rings is 1. The summed E-state index contributed by atoms with van der Waals surface area (Å²) in [5, 5.41) is 0.222. The van der Waals surface area contributed by atoms with E-state index in [1.54, 1.807) is 32.4 Å². The Hall–Kier alpha value is -3.42. The molecule has 0 N–H and O–H groups in total. The second kappa shape index (κ2) is 7.08. The van der Waals surface area contributed by atoms with E-state index in [4.69, 9.17) is 9.47 Å². The second-order valence-corrected chi connectivity index (χ2v) is 8.72. The van der Waals surface area contributed by atoms with E-state index in [1.165, 1.54) is 18.7 Å². The molecule has 0 radical (unpaired) electrons. The van der Waals surface area contributed by atoms with E-state index in [2.05, 4.69) is 4.98 Å². The molecule has 162 valence electrons. The molecule has 0 amide bonds. The van der Waals surface area contributed by atoms with Gasteiger partial charge in [-0.15, -0.1) is 0 Å². The molecule has 3 aromatic rings. The summed E-state index contributed by atoms with van der Waals surface area (Å²) in [6, 6.07) is 5.22. The summed E-state index contributed by atoms with van der Waals surface area (Å²) in [4.78, 5) is 43.9. The van der Waals surface area contributed by atoms with Gasteiger partial charge in [-0.2, -0.15) is 0 Å². The van der Waals surface area contributed by atoms with Gasteiger partial charge in [-0.05, 0) is 24.0 Å². The Morgan fingerprint density at radius 3 is 2.32 bits per heavy atom. The number of aromatic nitrogens is 3. The molecule has 0 spiro atoms. The predicted octanol–water partition coefficient (Wildman–Crippen LogP) is 2.47. The molecule has 4 rings (SSSR count). The highest BCUT2D eigenvalue weighted by molar-refractivity contribution is 6.11. The molecule has 0 aliphatic heterocycles. The van der Waals surface area contributed by atoms with Crippen molar-refractivity contribution in [3.63, 3.8) is 0 Å². The Balaban J connectivity index is 2.26. The molecule has 0 saturated heterocycles. The van der Waals surface area contributed by atoms with Crippen molar-refractivity contribution in [2.45, 2.75) is 26.7 Å². The monoisotopic (exact) mass is 423 g/mol. The highest BCUT2D eigenvalue weighted by atomic mass is 16.5. The lowest BCUT2D eigenvalue weighted by molar-refractivity contribution is 0.0911. The first-order valence-corrected chi connectivity index (χ1v) is 9.98. The summed E-state index contributed by atoms with van der Waals surface area (Å²) in [7, 11) is 6.07. The van der Waals surface area contributed by atoms with Crippen LogP contribution in [0.3, 0.4) is 0 Å². The zero-order valence-corrected chi connectivity index (χ0v) is 18.5. The minimum Gasteiger partial charge on any atom is -0.497 e. The van der Waals surface area contributed by atoms with E-state index in [0.29, 0.717) is 46.7 Å². The number of carbonyl (C=O) groups is 1. The average molecular weight is 423 g/mol. The molecule has 0 atom stereocenters. The lowest BCUT2D eigenvalue weighted by atomic mass is 9.73. The Labute approximate surface area is 179 Å². The van der Waals surface area contributed by atoms with E-state index in [9.17, 15) is 14.4 Å². The van der Waals surface area contributed by atoms with Crippen LogP contribution in [0.1, 0.15) is 36.3 Å². The summed E-state index contributed by atoms with van der Waals surface area (Å²) in [5.74, 6) is 0.965. The van der Waals surface area contributed by atoms with Gasteiger partial charge in [0.05, 0.1) is 25.3 Å². The van der Waals surface area contributed by atoms with Crippen molar-refractivity contribution in [2.75, 3.05) is 14.2 Å². The molecule has 8 heteroatoms. The van der Waals surface area contributed by atoms with Gasteiger partial charge in [0.25, 0.3) is 5.56 Å². The van der Waals surface area contributed by atoms with Crippen molar-refractivity contribution in [3.8, 4) is 22.6 Å². The molecule has 1 aliphatic rings. The number of hydrogen-bond donors (Lipinski definition) is 0. The maximum Gasteiger partial charge on any atom is 0.332 e. The Kier molecular flexibility index (Phi) is 4.76. The zero-order chi connectivity index (χ0) is 22.7. The van der Waals surface area contributed by atoms with E-state index >= 15 is 0 Å². The molecule has 2 heterocycles. The van der Waals surface area contributed by atoms with Crippen LogP contribution in [0.5, 0.6) is 11.5 Å². The maximum atomic E-state index is 13.3. The van der Waals surface area contributed by atoms with Gasteiger partial charge in [0.2, 0.25) is 0 Å². The third-order valence-electron chi connectivity index (χ3n) is 5.91. The quantitative estimate of drug-likeness (QED) is 0.643. The predicted molar refractivity (Wildman–Crippen MR) is 117 cm³/mol. The van der Waals surface area contributed by atoms with Gasteiger partial charge in [-0.25, -0.2) is 9.78 Å². The minimum atomic E-state index is -0.501. The molecule has 0 unspecified atom stereocenters. The Bertz CT molecular complexity index is 1360. The molecule has 2 aromatic heterocycles. The van der Waals surface area contributed by atoms with E-state index < -0.39 is 11.2 Å². The van der Waals surface area contributed by atoms with Crippen molar-refractivity contribution in [3.05, 3.63) is 50.3 Å². The van der Waals surface area contributed by atoms with Crippen molar-refractivity contribution in [1.82, 2.24) is 14.1 Å². The molecule has 0 fully saturated rings. The summed E-state index contributed by atoms with van der Waals surface area (Å²) in [6.45, 7) is 4.02. The number of nitrogens with zero attached hydrogens (tertiary/aromatic N) is 3. The van der Waals surface area contributed by atoms with Crippen LogP contribution in [0, 0.1) is 5.41 Å². The topological polar surface area (TPSA) is 92.4 Å². The van der Waals surface area contributed by atoms with Crippen LogP contribution >= 0.6 is 0 Å². The molecular weight excluding hydrogens is 398 g/mol. The summed E-state index contributed by atoms with van der Waals surface area (Å²) >= 11 is 0. The highest BCUT2D eigenvalue weighted by Gasteiger charge is 2.36. The number of carbonyl (C=O) groups excluding carboxylic acids is 1. The van der Waals surface area contributed by atoms with Crippen LogP contribution in [0.25, 0.3) is 22.2 Å². The minimum absolute atomic E-state index is 0.0792. The smallest absolute Gasteiger partial charge is 0.332 e. The standard InChI is InChI=1S/C23H25N3O5/c1-23(2)10-14-18(15(27)11-23)17(13-8-7-12(30-5)9-16(13)31-6)19-20(24-14)25(3)22(29)26(4)21(19)28/h7-9H,10-11H2,1-6H3. The van der Waals surface area contributed by atoms with Crippen molar-refractivity contribution < 1.29 is 14.3 Å². The fourth-order valence-corrected chi connectivity index (χ4v) is 4.38. The van der Waals surface area contributed by atoms with Crippen LogP contribution in [-0.2, 0) is 20.5 Å². The number of ether oxygens (including phenoxy) is 2. The first-order valence-electron chi connectivity index (χ1n) is 9.98.